The first kappa shape index (κ1) is 11.1. The Kier molecular flexibility index (Phi) is 2.96. The molecule has 2 rings (SSSR count). The van der Waals surface area contributed by atoms with Crippen LogP contribution in [-0.4, -0.2) is 33.9 Å². The summed E-state index contributed by atoms with van der Waals surface area (Å²) in [5.74, 6) is 0.280. The van der Waals surface area contributed by atoms with Gasteiger partial charge in [0.25, 0.3) is 0 Å². The van der Waals surface area contributed by atoms with Gasteiger partial charge in [0.15, 0.2) is 5.75 Å². The quantitative estimate of drug-likeness (QED) is 0.753. The Bertz CT molecular complexity index is 374. The molecule has 5 heteroatoms. The number of carbonyl (C=O) groups excluding carboxylic acids is 1. The molecule has 0 aromatic carbocycles. The molecule has 0 spiro atoms. The van der Waals surface area contributed by atoms with E-state index >= 15 is 0 Å². The van der Waals surface area contributed by atoms with Gasteiger partial charge in [-0.3, -0.25) is 9.48 Å². The summed E-state index contributed by atoms with van der Waals surface area (Å²) in [5.41, 5.74) is 0.379. The molecule has 1 aromatic heterocycles. The number of aromatic nitrogens is 2. The van der Waals surface area contributed by atoms with E-state index in [0.717, 1.165) is 12.8 Å². The van der Waals surface area contributed by atoms with Gasteiger partial charge >= 0.3 is 0 Å². The van der Waals surface area contributed by atoms with E-state index in [9.17, 15) is 9.90 Å². The van der Waals surface area contributed by atoms with Crippen LogP contribution in [0.25, 0.3) is 0 Å². The normalized spacial score (nSPS) is 17.2. The van der Waals surface area contributed by atoms with Gasteiger partial charge < -0.3 is 9.84 Å². The van der Waals surface area contributed by atoms with Crippen LogP contribution in [0, 0.1) is 5.92 Å². The SMILES string of the molecule is CCn1ncc(OC)c1C(=O)C(O)C1CC1. The second-order valence-corrected chi connectivity index (χ2v) is 4.02. The highest BCUT2D eigenvalue weighted by Crippen LogP contribution is 2.35. The van der Waals surface area contributed by atoms with Crippen LogP contribution in [0.1, 0.15) is 30.3 Å². The molecule has 1 aliphatic carbocycles. The molecule has 1 fully saturated rings. The summed E-state index contributed by atoms with van der Waals surface area (Å²) >= 11 is 0. The van der Waals surface area contributed by atoms with Crippen molar-refractivity contribution in [3.05, 3.63) is 11.9 Å². The van der Waals surface area contributed by atoms with E-state index in [-0.39, 0.29) is 11.7 Å². The van der Waals surface area contributed by atoms with Crippen LogP contribution >= 0.6 is 0 Å². The number of ketones is 1. The van der Waals surface area contributed by atoms with Crippen LogP contribution in [0.4, 0.5) is 0 Å². The summed E-state index contributed by atoms with van der Waals surface area (Å²) in [7, 11) is 1.50. The van der Waals surface area contributed by atoms with E-state index in [1.807, 2.05) is 6.92 Å². The van der Waals surface area contributed by atoms with Gasteiger partial charge in [-0.05, 0) is 25.7 Å². The average molecular weight is 224 g/mol. The molecule has 1 atom stereocenters. The van der Waals surface area contributed by atoms with Crippen LogP contribution in [0.3, 0.4) is 0 Å². The first-order valence-electron chi connectivity index (χ1n) is 5.51. The standard InChI is InChI=1S/C11H16N2O3/c1-3-13-9(8(16-2)6-12-13)11(15)10(14)7-4-5-7/h6-7,10,14H,3-5H2,1-2H3. The lowest BCUT2D eigenvalue weighted by Gasteiger charge is -2.10. The Morgan fingerprint density at radius 1 is 1.75 bits per heavy atom. The minimum Gasteiger partial charge on any atom is -0.493 e. The summed E-state index contributed by atoms with van der Waals surface area (Å²) in [5, 5.41) is 13.9. The van der Waals surface area contributed by atoms with Crippen molar-refractivity contribution in [2.45, 2.75) is 32.4 Å². The van der Waals surface area contributed by atoms with E-state index in [1.165, 1.54) is 13.3 Å². The summed E-state index contributed by atoms with van der Waals surface area (Å²) in [6.45, 7) is 2.48. The van der Waals surface area contributed by atoms with E-state index in [4.69, 9.17) is 4.74 Å². The van der Waals surface area contributed by atoms with Crippen LogP contribution < -0.4 is 4.74 Å². The van der Waals surface area contributed by atoms with E-state index in [1.54, 1.807) is 4.68 Å². The number of nitrogens with zero attached hydrogens (tertiary/aromatic N) is 2. The molecule has 5 nitrogen and oxygen atoms in total. The van der Waals surface area contributed by atoms with Crippen molar-refractivity contribution in [2.75, 3.05) is 7.11 Å². The smallest absolute Gasteiger partial charge is 0.213 e. The third kappa shape index (κ3) is 1.82. The molecule has 0 aliphatic heterocycles. The third-order valence-electron chi connectivity index (χ3n) is 2.90. The Morgan fingerprint density at radius 2 is 2.44 bits per heavy atom. The third-order valence-corrected chi connectivity index (χ3v) is 2.90. The number of hydrogen-bond donors (Lipinski definition) is 1. The van der Waals surface area contributed by atoms with Gasteiger partial charge in [-0.15, -0.1) is 0 Å². The molecule has 0 saturated heterocycles. The van der Waals surface area contributed by atoms with E-state index < -0.39 is 6.10 Å². The number of aliphatic hydroxyl groups excluding tert-OH is 1. The number of Topliss-reactive ketones (excluding diaryl/α,β-unsaturated/α-hetero) is 1. The zero-order valence-corrected chi connectivity index (χ0v) is 9.51. The lowest BCUT2D eigenvalue weighted by atomic mass is 10.1. The molecular weight excluding hydrogens is 208 g/mol. The Hall–Kier alpha value is -1.36. The second kappa shape index (κ2) is 4.25. The van der Waals surface area contributed by atoms with Gasteiger partial charge in [0.05, 0.1) is 13.3 Å². The number of aliphatic hydroxyl groups is 1. The Morgan fingerprint density at radius 3 is 2.94 bits per heavy atom. The molecule has 0 bridgehead atoms. The number of carbonyl (C=O) groups is 1. The summed E-state index contributed by atoms with van der Waals surface area (Å²) < 4.78 is 6.65. The fourth-order valence-corrected chi connectivity index (χ4v) is 1.77. The molecule has 1 N–H and O–H groups in total. The molecule has 1 aromatic rings. The van der Waals surface area contributed by atoms with Crippen LogP contribution in [0.2, 0.25) is 0 Å². The highest BCUT2D eigenvalue weighted by Gasteiger charge is 2.37. The van der Waals surface area contributed by atoms with Crippen LogP contribution in [0.15, 0.2) is 6.20 Å². The number of rotatable bonds is 5. The maximum absolute atomic E-state index is 12.1. The highest BCUT2D eigenvalue weighted by atomic mass is 16.5. The topological polar surface area (TPSA) is 64.4 Å². The minimum atomic E-state index is -0.907. The van der Waals surface area contributed by atoms with E-state index in [2.05, 4.69) is 5.10 Å². The summed E-state index contributed by atoms with van der Waals surface area (Å²) in [6.07, 6.45) is 2.46. The van der Waals surface area contributed by atoms with Crippen molar-refractivity contribution in [1.29, 1.82) is 0 Å². The van der Waals surface area contributed by atoms with Gasteiger partial charge in [-0.1, -0.05) is 0 Å². The minimum absolute atomic E-state index is 0.123. The molecule has 1 aliphatic rings. The van der Waals surface area contributed by atoms with Gasteiger partial charge in [-0.25, -0.2) is 0 Å². The monoisotopic (exact) mass is 224 g/mol. The largest absolute Gasteiger partial charge is 0.493 e. The number of methoxy groups -OCH3 is 1. The molecule has 1 saturated carbocycles. The lowest BCUT2D eigenvalue weighted by molar-refractivity contribution is 0.0689. The zero-order valence-electron chi connectivity index (χ0n) is 9.51. The highest BCUT2D eigenvalue weighted by molar-refractivity contribution is 6.00. The maximum Gasteiger partial charge on any atom is 0.213 e. The molecule has 1 heterocycles. The first-order chi connectivity index (χ1) is 7.69. The predicted molar refractivity (Wildman–Crippen MR) is 57.5 cm³/mol. The Balaban J connectivity index is 2.29. The maximum atomic E-state index is 12.1. The van der Waals surface area contributed by atoms with Crippen molar-refractivity contribution in [3.8, 4) is 5.75 Å². The fraction of sp³-hybridized carbons (Fsp3) is 0.636. The average Bonchev–Trinajstić information content (AvgIpc) is 3.06. The Labute approximate surface area is 94.0 Å². The number of ether oxygens (including phenoxy) is 1. The molecular formula is C11H16N2O3. The van der Waals surface area contributed by atoms with Gasteiger partial charge in [0.1, 0.15) is 11.8 Å². The van der Waals surface area contributed by atoms with Gasteiger partial charge in [-0.2, -0.15) is 5.10 Å². The first-order valence-corrected chi connectivity index (χ1v) is 5.51. The van der Waals surface area contributed by atoms with Gasteiger partial charge in [0, 0.05) is 6.54 Å². The molecule has 0 radical (unpaired) electrons. The second-order valence-electron chi connectivity index (χ2n) is 4.02. The van der Waals surface area contributed by atoms with E-state index in [0.29, 0.717) is 18.0 Å². The molecule has 1 unspecified atom stereocenters. The number of hydrogen-bond acceptors (Lipinski definition) is 4. The predicted octanol–water partition coefficient (Wildman–Crippen LogP) is 0.865. The van der Waals surface area contributed by atoms with Crippen molar-refractivity contribution in [3.63, 3.8) is 0 Å². The van der Waals surface area contributed by atoms with Crippen molar-refractivity contribution < 1.29 is 14.6 Å². The lowest BCUT2D eigenvalue weighted by Crippen LogP contribution is -2.25. The van der Waals surface area contributed by atoms with Crippen molar-refractivity contribution in [2.24, 2.45) is 5.92 Å². The fourth-order valence-electron chi connectivity index (χ4n) is 1.77. The van der Waals surface area contributed by atoms with Crippen LogP contribution in [0.5, 0.6) is 5.75 Å². The zero-order chi connectivity index (χ0) is 11.7. The summed E-state index contributed by atoms with van der Waals surface area (Å²) in [4.78, 5) is 12.1. The van der Waals surface area contributed by atoms with Crippen molar-refractivity contribution in [1.82, 2.24) is 9.78 Å². The van der Waals surface area contributed by atoms with Gasteiger partial charge in [0.2, 0.25) is 5.78 Å². The number of aryl methyl sites for hydroxylation is 1. The summed E-state index contributed by atoms with van der Waals surface area (Å²) in [6, 6.07) is 0. The molecule has 16 heavy (non-hydrogen) atoms. The molecule has 0 amide bonds. The van der Waals surface area contributed by atoms with Crippen LogP contribution in [-0.2, 0) is 6.54 Å². The molecule has 88 valence electrons. The van der Waals surface area contributed by atoms with Crippen molar-refractivity contribution >= 4 is 5.78 Å².